The van der Waals surface area contributed by atoms with Crippen LogP contribution in [0.15, 0.2) is 47.6 Å². The second kappa shape index (κ2) is 8.19. The summed E-state index contributed by atoms with van der Waals surface area (Å²) in [4.78, 5) is 12.8. The fraction of sp³-hybridized carbons (Fsp3) is 0.0476. The lowest BCUT2D eigenvalue weighted by Crippen LogP contribution is -2.32. The number of aromatic nitrogens is 2. The molecule has 11 nitrogen and oxygen atoms in total. The van der Waals surface area contributed by atoms with Crippen LogP contribution in [0.25, 0.3) is 0 Å². The maximum Gasteiger partial charge on any atom is 0.219 e. The predicted molar refractivity (Wildman–Crippen MR) is 115 cm³/mol. The number of nitrogens with zero attached hydrogens (tertiary/aromatic N) is 6. The van der Waals surface area contributed by atoms with Crippen molar-refractivity contribution in [1.29, 1.82) is 15.8 Å². The standard InChI is InChI=1S/C21H14N10O/c22-7-11-1-6-15(27-9-11)32-13-4-2-12(3-5-13)18-16-17(25)14(8-23)19(26)30-20(16)31-21(29-18)28-10-24/h1-6,9,18H,(H6,25,26,28,29,30,31). The van der Waals surface area contributed by atoms with Gasteiger partial charge in [0.25, 0.3) is 0 Å². The van der Waals surface area contributed by atoms with Gasteiger partial charge in [0.1, 0.15) is 41.1 Å². The van der Waals surface area contributed by atoms with E-state index in [2.05, 4.69) is 25.6 Å². The smallest absolute Gasteiger partial charge is 0.219 e. The van der Waals surface area contributed by atoms with E-state index in [-0.39, 0.29) is 23.0 Å². The first-order chi connectivity index (χ1) is 15.5. The highest BCUT2D eigenvalue weighted by atomic mass is 16.5. The van der Waals surface area contributed by atoms with Crippen molar-refractivity contribution < 1.29 is 4.74 Å². The SMILES string of the molecule is N#CNC1=NC(c2ccc(Oc3ccc(C#N)cn3)cc2)c2c(nc(N)c(C#N)c2N)N1. The molecule has 1 aliphatic heterocycles. The van der Waals surface area contributed by atoms with Crippen molar-refractivity contribution in [2.75, 3.05) is 16.8 Å². The number of nitriles is 3. The number of aliphatic imine (C=N–C) groups is 1. The molecule has 2 aromatic heterocycles. The third-order valence-electron chi connectivity index (χ3n) is 4.64. The van der Waals surface area contributed by atoms with Crippen LogP contribution in [-0.2, 0) is 0 Å². The number of hydrogen-bond donors (Lipinski definition) is 4. The number of nitrogens with one attached hydrogen (secondary N) is 2. The summed E-state index contributed by atoms with van der Waals surface area (Å²) in [6.07, 6.45) is 3.22. The van der Waals surface area contributed by atoms with Gasteiger partial charge in [0.05, 0.1) is 11.3 Å². The van der Waals surface area contributed by atoms with E-state index in [0.717, 1.165) is 0 Å². The van der Waals surface area contributed by atoms with Gasteiger partial charge in [-0.15, -0.1) is 0 Å². The molecular formula is C21H14N10O. The maximum absolute atomic E-state index is 9.40. The molecule has 0 amide bonds. The molecule has 3 heterocycles. The zero-order chi connectivity index (χ0) is 22.7. The number of nitrogens with two attached hydrogens (primary N) is 2. The van der Waals surface area contributed by atoms with Crippen LogP contribution >= 0.6 is 0 Å². The topological polar surface area (TPSA) is 195 Å². The van der Waals surface area contributed by atoms with Crippen molar-refractivity contribution >= 4 is 23.3 Å². The first-order valence-corrected chi connectivity index (χ1v) is 9.17. The number of nitrogen functional groups attached to an aromatic ring is 2. The first-order valence-electron chi connectivity index (χ1n) is 9.17. The average molecular weight is 422 g/mol. The van der Waals surface area contributed by atoms with Gasteiger partial charge < -0.3 is 21.5 Å². The van der Waals surface area contributed by atoms with E-state index in [4.69, 9.17) is 26.7 Å². The summed E-state index contributed by atoms with van der Waals surface area (Å²) in [5.74, 6) is 1.31. The van der Waals surface area contributed by atoms with Crippen LogP contribution in [0.2, 0.25) is 0 Å². The van der Waals surface area contributed by atoms with Crippen molar-refractivity contribution in [1.82, 2.24) is 15.3 Å². The molecule has 11 heteroatoms. The quantitative estimate of drug-likeness (QED) is 0.358. The summed E-state index contributed by atoms with van der Waals surface area (Å²) >= 11 is 0. The second-order valence-corrected chi connectivity index (χ2v) is 6.57. The highest BCUT2D eigenvalue weighted by molar-refractivity contribution is 5.98. The van der Waals surface area contributed by atoms with E-state index in [9.17, 15) is 5.26 Å². The molecule has 0 spiro atoms. The number of rotatable bonds is 3. The Hall–Kier alpha value is -5.34. The Kier molecular flexibility index (Phi) is 5.10. The highest BCUT2D eigenvalue weighted by Crippen LogP contribution is 2.40. The molecular weight excluding hydrogens is 408 g/mol. The molecule has 0 fully saturated rings. The van der Waals surface area contributed by atoms with E-state index in [1.54, 1.807) is 42.6 Å². The van der Waals surface area contributed by atoms with Gasteiger partial charge in [0, 0.05) is 17.8 Å². The van der Waals surface area contributed by atoms with Gasteiger partial charge >= 0.3 is 0 Å². The largest absolute Gasteiger partial charge is 0.439 e. The Balaban J connectivity index is 1.70. The van der Waals surface area contributed by atoms with E-state index in [0.29, 0.717) is 34.1 Å². The molecule has 6 N–H and O–H groups in total. The Bertz CT molecular complexity index is 1340. The summed E-state index contributed by atoms with van der Waals surface area (Å²) in [7, 11) is 0. The molecule has 4 rings (SSSR count). The molecule has 0 aliphatic carbocycles. The molecule has 32 heavy (non-hydrogen) atoms. The normalized spacial score (nSPS) is 13.9. The summed E-state index contributed by atoms with van der Waals surface area (Å²) in [5.41, 5.74) is 13.9. The third-order valence-corrected chi connectivity index (χ3v) is 4.64. The Morgan fingerprint density at radius 2 is 1.81 bits per heavy atom. The fourth-order valence-electron chi connectivity index (χ4n) is 3.17. The van der Waals surface area contributed by atoms with Crippen LogP contribution in [-0.4, -0.2) is 15.9 Å². The predicted octanol–water partition coefficient (Wildman–Crippen LogP) is 2.12. The number of benzene rings is 1. The van der Waals surface area contributed by atoms with Crippen LogP contribution in [0.3, 0.4) is 0 Å². The van der Waals surface area contributed by atoms with Crippen molar-refractivity contribution in [2.24, 2.45) is 4.99 Å². The van der Waals surface area contributed by atoms with Crippen LogP contribution < -0.4 is 26.8 Å². The summed E-state index contributed by atoms with van der Waals surface area (Å²) < 4.78 is 5.70. The van der Waals surface area contributed by atoms with Crippen molar-refractivity contribution in [3.8, 4) is 30.0 Å². The molecule has 1 atom stereocenters. The molecule has 1 aliphatic rings. The fourth-order valence-corrected chi connectivity index (χ4v) is 3.17. The van der Waals surface area contributed by atoms with E-state index in [1.807, 2.05) is 12.1 Å². The number of anilines is 3. The number of ether oxygens (including phenoxy) is 1. The molecule has 0 saturated heterocycles. The highest BCUT2D eigenvalue weighted by Gasteiger charge is 2.29. The average Bonchev–Trinajstić information content (AvgIpc) is 2.80. The zero-order valence-electron chi connectivity index (χ0n) is 16.4. The minimum atomic E-state index is -0.649. The van der Waals surface area contributed by atoms with E-state index >= 15 is 0 Å². The minimum Gasteiger partial charge on any atom is -0.439 e. The number of pyridine rings is 2. The van der Waals surface area contributed by atoms with Gasteiger partial charge in [-0.05, 0) is 23.8 Å². The molecule has 1 unspecified atom stereocenters. The molecule has 3 aromatic rings. The maximum atomic E-state index is 9.40. The minimum absolute atomic E-state index is 0.0214. The van der Waals surface area contributed by atoms with Crippen LogP contribution in [0, 0.1) is 34.1 Å². The lowest BCUT2D eigenvalue weighted by Gasteiger charge is -2.26. The van der Waals surface area contributed by atoms with Gasteiger partial charge in [-0.2, -0.15) is 15.8 Å². The van der Waals surface area contributed by atoms with Crippen LogP contribution in [0.1, 0.15) is 28.3 Å². The molecule has 0 bridgehead atoms. The second-order valence-electron chi connectivity index (χ2n) is 6.57. The van der Waals surface area contributed by atoms with Crippen LogP contribution in [0.4, 0.5) is 17.3 Å². The van der Waals surface area contributed by atoms with Gasteiger partial charge in [0.15, 0.2) is 6.19 Å². The lowest BCUT2D eigenvalue weighted by molar-refractivity contribution is 0.462. The summed E-state index contributed by atoms with van der Waals surface area (Å²) in [6, 6.07) is 13.5. The Morgan fingerprint density at radius 3 is 2.44 bits per heavy atom. The molecule has 0 saturated carbocycles. The zero-order valence-corrected chi connectivity index (χ0v) is 16.4. The Morgan fingerprint density at radius 1 is 1.03 bits per heavy atom. The summed E-state index contributed by atoms with van der Waals surface area (Å²) in [5, 5.41) is 32.6. The van der Waals surface area contributed by atoms with Gasteiger partial charge in [0.2, 0.25) is 11.8 Å². The Labute approximate surface area is 182 Å². The van der Waals surface area contributed by atoms with E-state index < -0.39 is 6.04 Å². The van der Waals surface area contributed by atoms with Crippen LogP contribution in [0.5, 0.6) is 11.6 Å². The third kappa shape index (κ3) is 3.63. The molecule has 154 valence electrons. The summed E-state index contributed by atoms with van der Waals surface area (Å²) in [6.45, 7) is 0. The molecule has 0 radical (unpaired) electrons. The number of guanidine groups is 1. The van der Waals surface area contributed by atoms with Gasteiger partial charge in [-0.3, -0.25) is 5.32 Å². The monoisotopic (exact) mass is 422 g/mol. The van der Waals surface area contributed by atoms with Crippen molar-refractivity contribution in [3.63, 3.8) is 0 Å². The van der Waals surface area contributed by atoms with Crippen molar-refractivity contribution in [3.05, 3.63) is 64.8 Å². The van der Waals surface area contributed by atoms with Gasteiger partial charge in [-0.25, -0.2) is 15.0 Å². The number of hydrogen-bond acceptors (Lipinski definition) is 11. The van der Waals surface area contributed by atoms with Gasteiger partial charge in [-0.1, -0.05) is 12.1 Å². The first kappa shape index (κ1) is 20.0. The van der Waals surface area contributed by atoms with E-state index in [1.165, 1.54) is 6.20 Å². The number of fused-ring (bicyclic) bond motifs is 1. The van der Waals surface area contributed by atoms with Crippen molar-refractivity contribution in [2.45, 2.75) is 6.04 Å². The lowest BCUT2D eigenvalue weighted by atomic mass is 9.95. The molecule has 1 aromatic carbocycles.